The number of carbonyl (C=O) groups is 1. The number of aliphatic hydroxyl groups excluding tert-OH is 2. The Morgan fingerprint density at radius 3 is 2.60 bits per heavy atom. The van der Waals surface area contributed by atoms with Crippen LogP contribution in [0.15, 0.2) is 23.8 Å². The van der Waals surface area contributed by atoms with E-state index in [2.05, 4.69) is 27.4 Å². The molecule has 0 amide bonds. The van der Waals surface area contributed by atoms with Crippen LogP contribution in [0.2, 0.25) is 0 Å². The maximum absolute atomic E-state index is 13.4. The molecule has 0 aromatic heterocycles. The smallest absolute Gasteiger partial charge is 0.159 e. The lowest BCUT2D eigenvalue weighted by atomic mass is 9.46. The van der Waals surface area contributed by atoms with Crippen LogP contribution in [-0.2, 0) is 4.79 Å². The van der Waals surface area contributed by atoms with E-state index in [1.54, 1.807) is 0 Å². The fraction of sp³-hybridized carbons (Fsp3) is 0.815. The third-order valence-electron chi connectivity index (χ3n) is 10.1. The van der Waals surface area contributed by atoms with Gasteiger partial charge in [-0.2, -0.15) is 0 Å². The highest BCUT2D eigenvalue weighted by Crippen LogP contribution is 2.66. The number of rotatable bonds is 5. The van der Waals surface area contributed by atoms with Crippen molar-refractivity contribution in [2.75, 3.05) is 0 Å². The molecule has 0 saturated heterocycles. The Morgan fingerprint density at radius 2 is 1.90 bits per heavy atom. The van der Waals surface area contributed by atoms with Crippen molar-refractivity contribution in [1.29, 1.82) is 0 Å². The molecular formula is C27H42O3. The summed E-state index contributed by atoms with van der Waals surface area (Å²) in [4.78, 5) is 13.4. The van der Waals surface area contributed by atoms with Gasteiger partial charge in [0.05, 0.1) is 12.2 Å². The molecule has 4 aliphatic carbocycles. The number of allylic oxidation sites excluding steroid dienone is 1. The molecular weight excluding hydrogens is 372 g/mol. The summed E-state index contributed by atoms with van der Waals surface area (Å²) >= 11 is 0. The zero-order valence-corrected chi connectivity index (χ0v) is 19.5. The maximum atomic E-state index is 13.4. The van der Waals surface area contributed by atoms with Crippen molar-refractivity contribution in [2.24, 2.45) is 40.4 Å². The number of fused-ring (bicyclic) bond motifs is 5. The molecule has 30 heavy (non-hydrogen) atoms. The van der Waals surface area contributed by atoms with Crippen molar-refractivity contribution in [3.63, 3.8) is 0 Å². The third-order valence-corrected chi connectivity index (χ3v) is 10.1. The highest BCUT2D eigenvalue weighted by Gasteiger charge is 2.61. The van der Waals surface area contributed by atoms with Gasteiger partial charge in [-0.1, -0.05) is 38.5 Å². The fourth-order valence-electron chi connectivity index (χ4n) is 8.23. The van der Waals surface area contributed by atoms with Gasteiger partial charge in [0, 0.05) is 5.92 Å². The number of aliphatic hydroxyl groups is 2. The van der Waals surface area contributed by atoms with Crippen molar-refractivity contribution in [3.8, 4) is 0 Å². The van der Waals surface area contributed by atoms with Crippen LogP contribution in [0.5, 0.6) is 0 Å². The highest BCUT2D eigenvalue weighted by molar-refractivity contribution is 5.94. The van der Waals surface area contributed by atoms with E-state index in [9.17, 15) is 15.0 Å². The van der Waals surface area contributed by atoms with Crippen LogP contribution < -0.4 is 0 Å². The molecule has 4 aliphatic rings. The van der Waals surface area contributed by atoms with Crippen LogP contribution >= 0.6 is 0 Å². The Hall–Kier alpha value is -0.930. The molecule has 0 spiro atoms. The topological polar surface area (TPSA) is 57.5 Å². The van der Waals surface area contributed by atoms with Crippen molar-refractivity contribution in [3.05, 3.63) is 23.8 Å². The first-order chi connectivity index (χ1) is 14.1. The molecule has 3 saturated carbocycles. The fourth-order valence-corrected chi connectivity index (χ4v) is 8.23. The van der Waals surface area contributed by atoms with Crippen molar-refractivity contribution in [1.82, 2.24) is 0 Å². The summed E-state index contributed by atoms with van der Waals surface area (Å²) in [6, 6.07) is 0. The molecule has 0 aromatic rings. The molecule has 9 atom stereocenters. The summed E-state index contributed by atoms with van der Waals surface area (Å²) in [7, 11) is 0. The van der Waals surface area contributed by atoms with Crippen molar-refractivity contribution in [2.45, 2.75) is 97.7 Å². The highest BCUT2D eigenvalue weighted by atomic mass is 16.3. The number of hydrogen-bond acceptors (Lipinski definition) is 3. The number of ketones is 1. The Bertz CT molecular complexity index is 738. The molecule has 4 rings (SSSR count). The van der Waals surface area contributed by atoms with E-state index >= 15 is 0 Å². The van der Waals surface area contributed by atoms with Gasteiger partial charge in [-0.25, -0.2) is 0 Å². The van der Waals surface area contributed by atoms with E-state index in [4.69, 9.17) is 0 Å². The molecule has 0 radical (unpaired) electrons. The van der Waals surface area contributed by atoms with Gasteiger partial charge in [-0.3, -0.25) is 4.79 Å². The summed E-state index contributed by atoms with van der Waals surface area (Å²) in [6.45, 7) is 13.0. The van der Waals surface area contributed by atoms with Crippen LogP contribution in [-0.4, -0.2) is 28.2 Å². The lowest BCUT2D eigenvalue weighted by Crippen LogP contribution is -2.53. The minimum atomic E-state index is -0.390. The minimum Gasteiger partial charge on any atom is -0.393 e. The van der Waals surface area contributed by atoms with Gasteiger partial charge in [-0.15, -0.1) is 0 Å². The summed E-state index contributed by atoms with van der Waals surface area (Å²) in [5, 5.41) is 20.4. The van der Waals surface area contributed by atoms with E-state index in [-0.39, 0.29) is 22.9 Å². The summed E-state index contributed by atoms with van der Waals surface area (Å²) < 4.78 is 0. The lowest BCUT2D eigenvalue weighted by molar-refractivity contribution is -0.135. The molecule has 0 aliphatic heterocycles. The molecule has 168 valence electrons. The Labute approximate surface area is 183 Å². The van der Waals surface area contributed by atoms with Gasteiger partial charge < -0.3 is 10.2 Å². The molecule has 0 unspecified atom stereocenters. The first kappa shape index (κ1) is 22.3. The van der Waals surface area contributed by atoms with Gasteiger partial charge in [0.2, 0.25) is 0 Å². The average Bonchev–Trinajstić information content (AvgIpc) is 3.04. The van der Waals surface area contributed by atoms with E-state index in [1.807, 2.05) is 13.0 Å². The first-order valence-electron chi connectivity index (χ1n) is 12.3. The summed E-state index contributed by atoms with van der Waals surface area (Å²) in [5.74, 6) is 2.67. The minimum absolute atomic E-state index is 0.106. The molecule has 0 aromatic carbocycles. The van der Waals surface area contributed by atoms with Crippen LogP contribution in [0.1, 0.15) is 85.5 Å². The van der Waals surface area contributed by atoms with Crippen LogP contribution in [0, 0.1) is 40.4 Å². The molecule has 0 bridgehead atoms. The molecule has 0 heterocycles. The Kier molecular flexibility index (Phi) is 5.85. The van der Waals surface area contributed by atoms with E-state index in [0.29, 0.717) is 35.9 Å². The zero-order valence-electron chi connectivity index (χ0n) is 19.5. The van der Waals surface area contributed by atoms with E-state index in [0.717, 1.165) is 37.7 Å². The second-order valence-corrected chi connectivity index (χ2v) is 11.8. The largest absolute Gasteiger partial charge is 0.393 e. The van der Waals surface area contributed by atoms with Gasteiger partial charge in [0.25, 0.3) is 0 Å². The van der Waals surface area contributed by atoms with Crippen molar-refractivity contribution >= 4 is 5.78 Å². The molecule has 3 heteroatoms. The predicted octanol–water partition coefficient (Wildman–Crippen LogP) is 5.46. The standard InChI is InChI=1S/C27H42O3/c1-16(2)23(29)9-6-17(3)20-7-8-21-25-22(11-13-27(20,21)5)26(4)12-10-19(28)14-18(26)15-24(25)30/h15,17,19-23,25,28-29H,1,6-14H2,2-5H3/t17-,19+,20-,21+,22+,23+,25+,26+,27-/m1/s1. The molecule has 3 fully saturated rings. The van der Waals surface area contributed by atoms with Crippen molar-refractivity contribution < 1.29 is 15.0 Å². The summed E-state index contributed by atoms with van der Waals surface area (Å²) in [5.41, 5.74) is 2.43. The second kappa shape index (κ2) is 7.89. The van der Waals surface area contributed by atoms with Crippen LogP contribution in [0.4, 0.5) is 0 Å². The van der Waals surface area contributed by atoms with E-state index < -0.39 is 6.10 Å². The average molecular weight is 415 g/mol. The SMILES string of the molecule is C=C(C)[C@@H](O)CC[C@@H](C)[C@H]1CC[C@H]2[C@@H]3C(=O)C=C4C[C@@H](O)CC[C@]4(C)[C@H]3CC[C@]12C. The third kappa shape index (κ3) is 3.45. The van der Waals surface area contributed by atoms with Gasteiger partial charge in [0.1, 0.15) is 0 Å². The van der Waals surface area contributed by atoms with Gasteiger partial charge in [-0.05, 0) is 105 Å². The quantitative estimate of drug-likeness (QED) is 0.587. The predicted molar refractivity (Wildman–Crippen MR) is 121 cm³/mol. The maximum Gasteiger partial charge on any atom is 0.159 e. The van der Waals surface area contributed by atoms with Crippen LogP contribution in [0.3, 0.4) is 0 Å². The number of hydrogen-bond donors (Lipinski definition) is 2. The van der Waals surface area contributed by atoms with E-state index in [1.165, 1.54) is 24.8 Å². The molecule has 3 nitrogen and oxygen atoms in total. The molecule has 2 N–H and O–H groups in total. The lowest BCUT2D eigenvalue weighted by Gasteiger charge is -2.57. The zero-order chi connectivity index (χ0) is 21.8. The first-order valence-corrected chi connectivity index (χ1v) is 12.3. The van der Waals surface area contributed by atoms with Gasteiger partial charge in [0.15, 0.2) is 5.78 Å². The normalized spacial score (nSPS) is 45.1. The Morgan fingerprint density at radius 1 is 1.17 bits per heavy atom. The monoisotopic (exact) mass is 414 g/mol. The van der Waals surface area contributed by atoms with Crippen LogP contribution in [0.25, 0.3) is 0 Å². The Balaban J connectivity index is 1.54. The number of carbonyl (C=O) groups excluding carboxylic acids is 1. The summed E-state index contributed by atoms with van der Waals surface area (Å²) in [6.07, 6.45) is 10.5. The van der Waals surface area contributed by atoms with Gasteiger partial charge >= 0.3 is 0 Å². The second-order valence-electron chi connectivity index (χ2n) is 11.8.